The summed E-state index contributed by atoms with van der Waals surface area (Å²) >= 11 is 1.52. The third kappa shape index (κ3) is 4.12. The van der Waals surface area contributed by atoms with E-state index in [0.717, 1.165) is 9.88 Å². The Bertz CT molecular complexity index is 715. The molecular formula is C15H14FN3OS. The van der Waals surface area contributed by atoms with E-state index in [1.807, 2.05) is 6.92 Å². The first kappa shape index (κ1) is 15.2. The molecule has 0 bridgehead atoms. The van der Waals surface area contributed by atoms with Crippen LogP contribution in [-0.2, 0) is 6.54 Å². The zero-order chi connectivity index (χ0) is 15.2. The van der Waals surface area contributed by atoms with Crippen molar-refractivity contribution >= 4 is 17.2 Å². The molecule has 2 aromatic rings. The molecule has 21 heavy (non-hydrogen) atoms. The summed E-state index contributed by atoms with van der Waals surface area (Å²) in [6.45, 7) is 2.43. The number of aryl methyl sites for hydroxylation is 1. The first-order valence-corrected chi connectivity index (χ1v) is 7.10. The first-order chi connectivity index (χ1) is 10.1. The number of nitrogens with one attached hydrogen (secondary N) is 1. The molecule has 6 heteroatoms. The zero-order valence-electron chi connectivity index (χ0n) is 11.4. The summed E-state index contributed by atoms with van der Waals surface area (Å²) in [4.78, 5) is 17.4. The Morgan fingerprint density at radius 1 is 1.52 bits per heavy atom. The number of benzene rings is 1. The summed E-state index contributed by atoms with van der Waals surface area (Å²) in [6, 6.07) is 3.87. The van der Waals surface area contributed by atoms with Crippen LogP contribution in [0.1, 0.15) is 25.8 Å². The maximum atomic E-state index is 13.3. The average molecular weight is 303 g/mol. The van der Waals surface area contributed by atoms with Gasteiger partial charge in [0.15, 0.2) is 0 Å². The van der Waals surface area contributed by atoms with Crippen molar-refractivity contribution in [3.8, 4) is 11.8 Å². The molecule has 0 saturated heterocycles. The summed E-state index contributed by atoms with van der Waals surface area (Å²) < 4.78 is 13.3. The summed E-state index contributed by atoms with van der Waals surface area (Å²) in [5.74, 6) is 4.58. The van der Waals surface area contributed by atoms with Gasteiger partial charge in [-0.3, -0.25) is 4.79 Å². The fourth-order valence-electron chi connectivity index (χ4n) is 1.70. The van der Waals surface area contributed by atoms with E-state index in [2.05, 4.69) is 22.1 Å². The molecule has 1 aromatic carbocycles. The molecule has 1 heterocycles. The fourth-order valence-corrected chi connectivity index (χ4v) is 2.43. The van der Waals surface area contributed by atoms with Gasteiger partial charge in [0.05, 0.1) is 18.7 Å². The van der Waals surface area contributed by atoms with E-state index in [9.17, 15) is 9.18 Å². The highest BCUT2D eigenvalue weighted by Gasteiger charge is 2.11. The molecule has 1 amide bonds. The van der Waals surface area contributed by atoms with Gasteiger partial charge in [0.2, 0.25) is 0 Å². The van der Waals surface area contributed by atoms with Crippen LogP contribution < -0.4 is 11.1 Å². The molecular weight excluding hydrogens is 289 g/mol. The number of rotatable bonds is 3. The second-order valence-electron chi connectivity index (χ2n) is 4.24. The number of hydrogen-bond acceptors (Lipinski definition) is 4. The highest BCUT2D eigenvalue weighted by atomic mass is 32.1. The van der Waals surface area contributed by atoms with Crippen LogP contribution >= 0.6 is 11.3 Å². The zero-order valence-corrected chi connectivity index (χ0v) is 12.3. The van der Waals surface area contributed by atoms with Gasteiger partial charge in [-0.25, -0.2) is 9.37 Å². The van der Waals surface area contributed by atoms with Crippen molar-refractivity contribution in [1.82, 2.24) is 10.3 Å². The smallest absolute Gasteiger partial charge is 0.252 e. The molecule has 0 radical (unpaired) electrons. The van der Waals surface area contributed by atoms with Gasteiger partial charge in [0, 0.05) is 16.6 Å². The second-order valence-corrected chi connectivity index (χ2v) is 5.56. The van der Waals surface area contributed by atoms with Crippen molar-refractivity contribution in [2.75, 3.05) is 6.54 Å². The Kier molecular flexibility index (Phi) is 5.04. The molecule has 1 aromatic heterocycles. The largest absolute Gasteiger partial charge is 0.345 e. The van der Waals surface area contributed by atoms with E-state index in [-0.39, 0.29) is 12.5 Å². The minimum absolute atomic E-state index is 0.149. The average Bonchev–Trinajstić information content (AvgIpc) is 2.88. The molecule has 4 nitrogen and oxygen atoms in total. The van der Waals surface area contributed by atoms with Crippen LogP contribution in [0.4, 0.5) is 4.39 Å². The second kappa shape index (κ2) is 6.97. The number of carbonyl (C=O) groups is 1. The molecule has 0 aliphatic heterocycles. The maximum Gasteiger partial charge on any atom is 0.252 e. The van der Waals surface area contributed by atoms with Crippen molar-refractivity contribution in [3.05, 3.63) is 51.2 Å². The van der Waals surface area contributed by atoms with Crippen molar-refractivity contribution < 1.29 is 9.18 Å². The standard InChI is InChI=1S/C15H14FN3OS/c1-10-8-18-14(21-10)9-19-15(20)13-5-4-12(16)7-11(13)3-2-6-17/h4-5,7-8H,6,9,17H2,1H3,(H,19,20). The van der Waals surface area contributed by atoms with Crippen molar-refractivity contribution in [2.45, 2.75) is 13.5 Å². The Morgan fingerprint density at radius 3 is 3.00 bits per heavy atom. The van der Waals surface area contributed by atoms with Gasteiger partial charge in [0.25, 0.3) is 5.91 Å². The summed E-state index contributed by atoms with van der Waals surface area (Å²) in [7, 11) is 0. The number of hydrogen-bond donors (Lipinski definition) is 2. The quantitative estimate of drug-likeness (QED) is 0.850. The predicted octanol–water partition coefficient (Wildman–Crippen LogP) is 1.83. The summed E-state index contributed by atoms with van der Waals surface area (Å²) in [5, 5.41) is 3.57. The molecule has 2 rings (SSSR count). The fraction of sp³-hybridized carbons (Fsp3) is 0.200. The number of nitrogens with two attached hydrogens (primary N) is 1. The van der Waals surface area contributed by atoms with E-state index >= 15 is 0 Å². The van der Waals surface area contributed by atoms with Gasteiger partial charge in [-0.15, -0.1) is 11.3 Å². The number of aromatic nitrogens is 1. The number of carbonyl (C=O) groups excluding carboxylic acids is 1. The third-order valence-electron chi connectivity index (χ3n) is 2.62. The van der Waals surface area contributed by atoms with Crippen molar-refractivity contribution in [1.29, 1.82) is 0 Å². The Morgan fingerprint density at radius 2 is 2.33 bits per heavy atom. The van der Waals surface area contributed by atoms with E-state index in [1.54, 1.807) is 6.20 Å². The minimum Gasteiger partial charge on any atom is -0.345 e. The molecule has 0 aliphatic rings. The lowest BCUT2D eigenvalue weighted by atomic mass is 10.1. The molecule has 0 saturated carbocycles. The molecule has 0 spiro atoms. The van der Waals surface area contributed by atoms with Crippen LogP contribution in [0.25, 0.3) is 0 Å². The van der Waals surface area contributed by atoms with Crippen LogP contribution in [0.5, 0.6) is 0 Å². The first-order valence-electron chi connectivity index (χ1n) is 6.28. The van der Waals surface area contributed by atoms with Crippen LogP contribution in [0, 0.1) is 24.6 Å². The van der Waals surface area contributed by atoms with Crippen LogP contribution in [0.3, 0.4) is 0 Å². The van der Waals surface area contributed by atoms with E-state index in [0.29, 0.717) is 17.7 Å². The molecule has 0 aliphatic carbocycles. The number of nitrogens with zero attached hydrogens (tertiary/aromatic N) is 1. The number of thiazole rings is 1. The van der Waals surface area contributed by atoms with Gasteiger partial charge in [0.1, 0.15) is 10.8 Å². The highest BCUT2D eigenvalue weighted by molar-refractivity contribution is 7.11. The van der Waals surface area contributed by atoms with Gasteiger partial charge in [-0.05, 0) is 25.1 Å². The van der Waals surface area contributed by atoms with Crippen LogP contribution in [-0.4, -0.2) is 17.4 Å². The topological polar surface area (TPSA) is 68.0 Å². The van der Waals surface area contributed by atoms with E-state index in [4.69, 9.17) is 5.73 Å². The van der Waals surface area contributed by atoms with Crippen molar-refractivity contribution in [2.24, 2.45) is 5.73 Å². The normalized spacial score (nSPS) is 9.86. The summed E-state index contributed by atoms with van der Waals surface area (Å²) in [5.41, 5.74) is 5.95. The lowest BCUT2D eigenvalue weighted by Crippen LogP contribution is -2.23. The van der Waals surface area contributed by atoms with Crippen molar-refractivity contribution in [3.63, 3.8) is 0 Å². The van der Waals surface area contributed by atoms with E-state index < -0.39 is 5.82 Å². The Hall–Kier alpha value is -2.23. The van der Waals surface area contributed by atoms with Gasteiger partial charge in [-0.1, -0.05) is 11.8 Å². The van der Waals surface area contributed by atoms with E-state index in [1.165, 1.54) is 29.5 Å². The SMILES string of the molecule is Cc1cnc(CNC(=O)c2ccc(F)cc2C#CCN)s1. The maximum absolute atomic E-state index is 13.3. The predicted molar refractivity (Wildman–Crippen MR) is 80.4 cm³/mol. The number of halogens is 1. The van der Waals surface area contributed by atoms with Gasteiger partial charge >= 0.3 is 0 Å². The van der Waals surface area contributed by atoms with Crippen LogP contribution in [0.15, 0.2) is 24.4 Å². The Labute approximate surface area is 126 Å². The molecule has 0 unspecified atom stereocenters. The summed E-state index contributed by atoms with van der Waals surface area (Å²) in [6.07, 6.45) is 1.75. The number of amides is 1. The minimum atomic E-state index is -0.441. The monoisotopic (exact) mass is 303 g/mol. The third-order valence-corrected chi connectivity index (χ3v) is 3.53. The van der Waals surface area contributed by atoms with Crippen LogP contribution in [0.2, 0.25) is 0 Å². The lowest BCUT2D eigenvalue weighted by molar-refractivity contribution is 0.0950. The molecule has 0 atom stereocenters. The molecule has 3 N–H and O–H groups in total. The van der Waals surface area contributed by atoms with Gasteiger partial charge < -0.3 is 11.1 Å². The van der Waals surface area contributed by atoms with Gasteiger partial charge in [-0.2, -0.15) is 0 Å². The molecule has 108 valence electrons. The lowest BCUT2D eigenvalue weighted by Gasteiger charge is -2.06. The highest BCUT2D eigenvalue weighted by Crippen LogP contribution is 2.13. The molecule has 0 fully saturated rings. The Balaban J connectivity index is 2.14.